The Bertz CT molecular complexity index is 2480. The van der Waals surface area contributed by atoms with Crippen LogP contribution in [0.3, 0.4) is 0 Å². The maximum absolute atomic E-state index is 9.99. The molecule has 0 radical (unpaired) electrons. The van der Waals surface area contributed by atoms with Crippen LogP contribution < -0.4 is 0 Å². The van der Waals surface area contributed by atoms with E-state index in [0.29, 0.717) is 39.8 Å². The van der Waals surface area contributed by atoms with E-state index in [-0.39, 0.29) is 0 Å². The van der Waals surface area contributed by atoms with Gasteiger partial charge >= 0.3 is 0 Å². The first kappa shape index (κ1) is 27.6. The average molecular weight is 602 g/mol. The molecule has 0 saturated heterocycles. The zero-order valence-electron chi connectivity index (χ0n) is 24.9. The summed E-state index contributed by atoms with van der Waals surface area (Å²) in [4.78, 5) is 14.7. The average Bonchev–Trinajstić information content (AvgIpc) is 3.53. The van der Waals surface area contributed by atoms with Crippen molar-refractivity contribution in [2.45, 2.75) is 0 Å². The van der Waals surface area contributed by atoms with Crippen LogP contribution in [0.5, 0.6) is 0 Å². The summed E-state index contributed by atoms with van der Waals surface area (Å²) in [5, 5.41) is 21.6. The lowest BCUT2D eigenvalue weighted by Crippen LogP contribution is -2.00. The minimum atomic E-state index is 0.535. The van der Waals surface area contributed by atoms with Gasteiger partial charge in [0.1, 0.15) is 11.2 Å². The second-order valence-electron chi connectivity index (χ2n) is 11.1. The van der Waals surface area contributed by atoms with E-state index < -0.39 is 0 Å². The molecule has 6 heteroatoms. The van der Waals surface area contributed by atoms with Gasteiger partial charge in [0.15, 0.2) is 17.5 Å². The first-order valence-electron chi connectivity index (χ1n) is 15.1. The van der Waals surface area contributed by atoms with Gasteiger partial charge in [0.25, 0.3) is 0 Å². The number of hydrogen-bond acceptors (Lipinski definition) is 6. The number of benzene rings is 6. The molecule has 218 valence electrons. The molecule has 0 amide bonds. The van der Waals surface area contributed by atoms with Crippen molar-refractivity contribution in [3.05, 3.63) is 151 Å². The van der Waals surface area contributed by atoms with Crippen molar-refractivity contribution in [3.8, 4) is 68.6 Å². The molecule has 0 spiro atoms. The molecule has 0 aliphatic rings. The molecule has 0 atom stereocenters. The van der Waals surface area contributed by atoms with E-state index in [1.54, 1.807) is 6.07 Å². The highest BCUT2D eigenvalue weighted by Gasteiger charge is 2.20. The molecule has 0 unspecified atom stereocenters. The Morgan fingerprint density at radius 1 is 0.426 bits per heavy atom. The van der Waals surface area contributed by atoms with Crippen molar-refractivity contribution in [2.75, 3.05) is 0 Å². The van der Waals surface area contributed by atoms with Crippen LogP contribution >= 0.6 is 0 Å². The van der Waals surface area contributed by atoms with Gasteiger partial charge in [-0.2, -0.15) is 10.5 Å². The third-order valence-corrected chi connectivity index (χ3v) is 8.22. The Labute approximate surface area is 270 Å². The molecular formula is C41H23N5O. The Morgan fingerprint density at radius 3 is 1.55 bits per heavy atom. The monoisotopic (exact) mass is 601 g/mol. The minimum absolute atomic E-state index is 0.535. The fourth-order valence-corrected chi connectivity index (χ4v) is 5.96. The Morgan fingerprint density at radius 2 is 0.936 bits per heavy atom. The largest absolute Gasteiger partial charge is 0.455 e. The lowest BCUT2D eigenvalue weighted by molar-refractivity contribution is 0.670. The topological polar surface area (TPSA) is 99.4 Å². The zero-order valence-corrected chi connectivity index (χ0v) is 24.9. The molecule has 6 aromatic carbocycles. The van der Waals surface area contributed by atoms with Crippen LogP contribution in [0, 0.1) is 22.7 Å². The van der Waals surface area contributed by atoms with E-state index in [9.17, 15) is 10.5 Å². The number of aromatic nitrogens is 3. The molecule has 2 aromatic heterocycles. The van der Waals surface area contributed by atoms with Gasteiger partial charge in [-0.3, -0.25) is 0 Å². The standard InChI is InChI=1S/C41H23N5O/c42-24-29-15-7-9-17-32(29)31-22-35(33-18-10-8-16-30(33)25-43)38-36(23-31)34-21-28(19-20-37(34)47-38)41-45-39(26-11-3-1-4-12-26)44-40(46-41)27-13-5-2-6-14-27/h1-23H. The highest BCUT2D eigenvalue weighted by Crippen LogP contribution is 2.42. The van der Waals surface area contributed by atoms with Crippen molar-refractivity contribution in [3.63, 3.8) is 0 Å². The molecule has 0 saturated carbocycles. The normalized spacial score (nSPS) is 10.9. The minimum Gasteiger partial charge on any atom is -0.455 e. The Balaban J connectivity index is 1.39. The Kier molecular flexibility index (Phi) is 6.80. The molecule has 47 heavy (non-hydrogen) atoms. The quantitative estimate of drug-likeness (QED) is 0.195. The molecule has 0 aliphatic heterocycles. The molecule has 2 heterocycles. The summed E-state index contributed by atoms with van der Waals surface area (Å²) in [6.07, 6.45) is 0. The summed E-state index contributed by atoms with van der Waals surface area (Å²) in [6.45, 7) is 0. The summed E-state index contributed by atoms with van der Waals surface area (Å²) in [7, 11) is 0. The van der Waals surface area contributed by atoms with Gasteiger partial charge in [-0.1, -0.05) is 97.1 Å². The van der Waals surface area contributed by atoms with Crippen LogP contribution in [0.25, 0.3) is 78.4 Å². The van der Waals surface area contributed by atoms with Gasteiger partial charge in [0, 0.05) is 38.6 Å². The van der Waals surface area contributed by atoms with Gasteiger partial charge < -0.3 is 4.42 Å². The summed E-state index contributed by atoms with van der Waals surface area (Å²) in [5.74, 6) is 1.70. The summed E-state index contributed by atoms with van der Waals surface area (Å²) >= 11 is 0. The molecule has 6 nitrogen and oxygen atoms in total. The van der Waals surface area contributed by atoms with Gasteiger partial charge in [0.05, 0.1) is 23.3 Å². The van der Waals surface area contributed by atoms with E-state index in [1.165, 1.54) is 0 Å². The van der Waals surface area contributed by atoms with Crippen LogP contribution in [0.2, 0.25) is 0 Å². The van der Waals surface area contributed by atoms with Crippen LogP contribution in [0.4, 0.5) is 0 Å². The molecule has 0 N–H and O–H groups in total. The van der Waals surface area contributed by atoms with E-state index >= 15 is 0 Å². The molecule has 0 fully saturated rings. The predicted molar refractivity (Wildman–Crippen MR) is 184 cm³/mol. The van der Waals surface area contributed by atoms with Crippen molar-refractivity contribution in [2.24, 2.45) is 0 Å². The van der Waals surface area contributed by atoms with E-state index in [2.05, 4.69) is 18.2 Å². The summed E-state index contributed by atoms with van der Waals surface area (Å²) < 4.78 is 6.53. The molecule has 0 aliphatic carbocycles. The highest BCUT2D eigenvalue weighted by atomic mass is 16.3. The van der Waals surface area contributed by atoms with Crippen LogP contribution in [0.15, 0.2) is 144 Å². The molecular weight excluding hydrogens is 578 g/mol. The fraction of sp³-hybridized carbons (Fsp3) is 0. The number of fused-ring (bicyclic) bond motifs is 3. The van der Waals surface area contributed by atoms with Crippen molar-refractivity contribution < 1.29 is 4.42 Å². The van der Waals surface area contributed by atoms with Gasteiger partial charge in [-0.25, -0.2) is 15.0 Å². The second kappa shape index (κ2) is 11.6. The summed E-state index contributed by atoms with van der Waals surface area (Å²) in [5.41, 5.74) is 8.22. The second-order valence-corrected chi connectivity index (χ2v) is 11.1. The van der Waals surface area contributed by atoms with Gasteiger partial charge in [-0.05, 0) is 53.6 Å². The maximum atomic E-state index is 9.99. The van der Waals surface area contributed by atoms with E-state index in [0.717, 1.165) is 49.7 Å². The third-order valence-electron chi connectivity index (χ3n) is 8.22. The fourth-order valence-electron chi connectivity index (χ4n) is 5.96. The number of hydrogen-bond donors (Lipinski definition) is 0. The maximum Gasteiger partial charge on any atom is 0.164 e. The highest BCUT2D eigenvalue weighted by molar-refractivity contribution is 6.12. The van der Waals surface area contributed by atoms with Gasteiger partial charge in [-0.15, -0.1) is 0 Å². The first-order chi connectivity index (χ1) is 23.2. The smallest absolute Gasteiger partial charge is 0.164 e. The van der Waals surface area contributed by atoms with E-state index in [4.69, 9.17) is 19.4 Å². The SMILES string of the molecule is N#Cc1ccccc1-c1cc(-c2ccccc2C#N)c2oc3ccc(-c4nc(-c5ccccc5)nc(-c5ccccc5)n4)cc3c2c1. The summed E-state index contributed by atoms with van der Waals surface area (Å²) in [6, 6.07) is 49.4. The van der Waals surface area contributed by atoms with Crippen molar-refractivity contribution in [1.82, 2.24) is 15.0 Å². The molecule has 8 aromatic rings. The zero-order chi connectivity index (χ0) is 31.7. The Hall–Kier alpha value is -6.89. The first-order valence-corrected chi connectivity index (χ1v) is 15.1. The number of nitrogens with zero attached hydrogens (tertiary/aromatic N) is 5. The predicted octanol–water partition coefficient (Wildman–Crippen LogP) is 9.85. The van der Waals surface area contributed by atoms with Gasteiger partial charge in [0.2, 0.25) is 0 Å². The number of rotatable bonds is 5. The lowest BCUT2D eigenvalue weighted by atomic mass is 9.92. The van der Waals surface area contributed by atoms with E-state index in [1.807, 2.05) is 127 Å². The van der Waals surface area contributed by atoms with Crippen molar-refractivity contribution >= 4 is 21.9 Å². The third kappa shape index (κ3) is 4.97. The number of nitriles is 2. The van der Waals surface area contributed by atoms with Crippen molar-refractivity contribution in [1.29, 1.82) is 10.5 Å². The van der Waals surface area contributed by atoms with Crippen LogP contribution in [-0.4, -0.2) is 15.0 Å². The van der Waals surface area contributed by atoms with Crippen LogP contribution in [-0.2, 0) is 0 Å². The molecule has 8 rings (SSSR count). The molecule has 0 bridgehead atoms. The van der Waals surface area contributed by atoms with Crippen LogP contribution in [0.1, 0.15) is 11.1 Å². The lowest BCUT2D eigenvalue weighted by Gasteiger charge is -2.10. The number of furan rings is 1.